The van der Waals surface area contributed by atoms with Crippen LogP contribution in [0.15, 0.2) is 72.8 Å². The molecule has 8 heteroatoms. The van der Waals surface area contributed by atoms with E-state index in [4.69, 9.17) is 14.2 Å². The number of carbonyl (C=O) groups is 4. The third kappa shape index (κ3) is 7.47. The minimum atomic E-state index is -0.533. The molecule has 1 amide bonds. The molecule has 7 fully saturated rings. The van der Waals surface area contributed by atoms with Gasteiger partial charge in [-0.3, -0.25) is 19.2 Å². The summed E-state index contributed by atoms with van der Waals surface area (Å²) in [6, 6.07) is 19.5. The summed E-state index contributed by atoms with van der Waals surface area (Å²) in [5.74, 6) is 0.650. The molecule has 2 aromatic carbocycles. The number of benzene rings is 2. The van der Waals surface area contributed by atoms with Gasteiger partial charge in [0.2, 0.25) is 5.91 Å². The van der Waals surface area contributed by atoms with Crippen LogP contribution < -0.4 is 5.32 Å². The lowest BCUT2D eigenvalue weighted by Crippen LogP contribution is -2.68. The van der Waals surface area contributed by atoms with Crippen molar-refractivity contribution in [1.82, 2.24) is 5.32 Å². The molecule has 14 atom stereocenters. The molecular weight excluding hydrogens is 835 g/mol. The molecule has 14 unspecified atom stereocenters. The van der Waals surface area contributed by atoms with E-state index in [0.717, 1.165) is 75.3 Å². The predicted octanol–water partition coefficient (Wildman–Crippen LogP) is 12.2. The average Bonchev–Trinajstić information content (AvgIpc) is 3.69. The molecule has 0 saturated heterocycles. The summed E-state index contributed by atoms with van der Waals surface area (Å²) in [6.07, 6.45) is 11.1. The van der Waals surface area contributed by atoms with Gasteiger partial charge in [-0.1, -0.05) is 135 Å². The molecule has 67 heavy (non-hydrogen) atoms. The Hall–Kier alpha value is -3.94. The second-order valence-corrected chi connectivity index (χ2v) is 25.6. The SMILES string of the molecule is C=C(C)C1CCC2(C(=O)NC3CC(C(=O)OCc4ccccc4)C3(C)C)CCC3(C)C(CCC4C5(C)CCC(OC(=O)C6CC(C(=O)OCc7ccccc7)C6(C)C)C(C)(C)C5CCC43C)C12. The van der Waals surface area contributed by atoms with E-state index in [-0.39, 0.29) is 94.5 Å². The maximum Gasteiger partial charge on any atom is 0.309 e. The van der Waals surface area contributed by atoms with Crippen molar-refractivity contribution in [2.45, 2.75) is 172 Å². The fourth-order valence-electron chi connectivity index (χ4n) is 17.2. The van der Waals surface area contributed by atoms with Gasteiger partial charge in [0.05, 0.1) is 23.2 Å². The summed E-state index contributed by atoms with van der Waals surface area (Å²) < 4.78 is 18.1. The Bertz CT molecular complexity index is 2250. The fraction of sp³-hybridized carbons (Fsp3) is 0.695. The molecular formula is C59H81NO7. The number of nitrogens with one attached hydrogen (secondary N) is 1. The quantitative estimate of drug-likeness (QED) is 0.136. The van der Waals surface area contributed by atoms with E-state index in [1.54, 1.807) is 0 Å². The molecule has 0 spiro atoms. The summed E-state index contributed by atoms with van der Waals surface area (Å²) >= 11 is 0. The summed E-state index contributed by atoms with van der Waals surface area (Å²) in [4.78, 5) is 55.8. The molecule has 0 aromatic heterocycles. The Morgan fingerprint density at radius 3 is 1.75 bits per heavy atom. The van der Waals surface area contributed by atoms with Crippen LogP contribution in [0.1, 0.15) is 157 Å². The number of hydrogen-bond donors (Lipinski definition) is 1. The first-order valence-electron chi connectivity index (χ1n) is 26.1. The van der Waals surface area contributed by atoms with Crippen molar-refractivity contribution in [1.29, 1.82) is 0 Å². The normalized spacial score (nSPS) is 40.7. The standard InChI is InChI=1S/C59H81NO7/c1-36(2)39-24-29-59(52(64)60-46-33-43(54(46,5)6)50(62)66-35-38-20-16-13-17-21-38)31-30-57(10)40(48(39)59)22-23-45-56(9)27-26-47(55(7,8)44(56)25-28-58(45,57)11)67-51(63)42-32-41(53(42,3)4)49(61)65-34-37-18-14-12-15-19-37/h12-21,39-48H,1,22-35H2,2-11H3,(H,60,64). The molecule has 0 aliphatic heterocycles. The number of carbonyl (C=O) groups excluding carboxylic acids is 4. The minimum Gasteiger partial charge on any atom is -0.462 e. The number of hydrogen-bond acceptors (Lipinski definition) is 7. The van der Waals surface area contributed by atoms with Gasteiger partial charge in [0.15, 0.2) is 0 Å². The Balaban J connectivity index is 0.867. The third-order valence-electron chi connectivity index (χ3n) is 21.9. The highest BCUT2D eigenvalue weighted by molar-refractivity contribution is 5.85. The van der Waals surface area contributed by atoms with E-state index in [0.29, 0.717) is 36.5 Å². The van der Waals surface area contributed by atoms with Gasteiger partial charge < -0.3 is 19.5 Å². The molecule has 7 saturated carbocycles. The van der Waals surface area contributed by atoms with Crippen LogP contribution in [0.25, 0.3) is 0 Å². The zero-order valence-electron chi connectivity index (χ0n) is 42.5. The Morgan fingerprint density at radius 1 is 0.597 bits per heavy atom. The highest BCUT2D eigenvalue weighted by Gasteiger charge is 2.72. The van der Waals surface area contributed by atoms with Crippen LogP contribution in [0.2, 0.25) is 0 Å². The molecule has 2 aromatic rings. The first-order valence-corrected chi connectivity index (χ1v) is 26.1. The van der Waals surface area contributed by atoms with Crippen LogP contribution in [0, 0.1) is 85.2 Å². The topological polar surface area (TPSA) is 108 Å². The zero-order valence-corrected chi connectivity index (χ0v) is 42.5. The second-order valence-electron chi connectivity index (χ2n) is 25.6. The maximum absolute atomic E-state index is 15.1. The van der Waals surface area contributed by atoms with Gasteiger partial charge in [-0.2, -0.15) is 0 Å². The summed E-state index contributed by atoms with van der Waals surface area (Å²) in [7, 11) is 0. The van der Waals surface area contributed by atoms with Crippen LogP contribution in [-0.4, -0.2) is 36.0 Å². The van der Waals surface area contributed by atoms with E-state index in [9.17, 15) is 14.4 Å². The zero-order chi connectivity index (χ0) is 48.1. The number of ether oxygens (including phenoxy) is 3. The molecule has 8 nitrogen and oxygen atoms in total. The van der Waals surface area contributed by atoms with Gasteiger partial charge in [-0.25, -0.2) is 0 Å². The van der Waals surface area contributed by atoms with Crippen molar-refractivity contribution in [2.24, 2.45) is 85.2 Å². The van der Waals surface area contributed by atoms with E-state index < -0.39 is 16.2 Å². The van der Waals surface area contributed by atoms with Gasteiger partial charge in [-0.05, 0) is 152 Å². The molecule has 1 N–H and O–H groups in total. The van der Waals surface area contributed by atoms with Crippen molar-refractivity contribution in [3.8, 4) is 0 Å². The number of rotatable bonds is 11. The molecule has 0 heterocycles. The highest BCUT2D eigenvalue weighted by Crippen LogP contribution is 2.78. The second kappa shape index (κ2) is 16.9. The van der Waals surface area contributed by atoms with E-state index >= 15 is 4.79 Å². The van der Waals surface area contributed by atoms with Crippen LogP contribution in [0.4, 0.5) is 0 Å². The summed E-state index contributed by atoms with van der Waals surface area (Å²) in [5.41, 5.74) is 1.86. The molecule has 7 aliphatic rings. The van der Waals surface area contributed by atoms with Gasteiger partial charge in [-0.15, -0.1) is 0 Å². The molecule has 364 valence electrons. The lowest BCUT2D eigenvalue weighted by atomic mass is 9.32. The van der Waals surface area contributed by atoms with Crippen molar-refractivity contribution >= 4 is 23.8 Å². The van der Waals surface area contributed by atoms with Gasteiger partial charge in [0.1, 0.15) is 19.3 Å². The van der Waals surface area contributed by atoms with Crippen LogP contribution in [-0.2, 0) is 46.6 Å². The number of fused-ring (bicyclic) bond motifs is 7. The Kier molecular flexibility index (Phi) is 12.1. The van der Waals surface area contributed by atoms with Crippen molar-refractivity contribution < 1.29 is 33.4 Å². The largest absolute Gasteiger partial charge is 0.462 e. The molecule has 9 rings (SSSR count). The Labute approximate surface area is 401 Å². The smallest absolute Gasteiger partial charge is 0.309 e. The van der Waals surface area contributed by atoms with Crippen LogP contribution >= 0.6 is 0 Å². The predicted molar refractivity (Wildman–Crippen MR) is 261 cm³/mol. The Morgan fingerprint density at radius 2 is 1.18 bits per heavy atom. The van der Waals surface area contributed by atoms with E-state index in [2.05, 4.69) is 67.3 Å². The number of amides is 1. The van der Waals surface area contributed by atoms with Crippen molar-refractivity contribution in [3.05, 3.63) is 83.9 Å². The van der Waals surface area contributed by atoms with Crippen molar-refractivity contribution in [2.75, 3.05) is 0 Å². The average molecular weight is 916 g/mol. The van der Waals surface area contributed by atoms with Gasteiger partial charge >= 0.3 is 17.9 Å². The molecule has 7 aliphatic carbocycles. The van der Waals surface area contributed by atoms with E-state index in [1.807, 2.05) is 74.5 Å². The first kappa shape index (κ1) is 48.1. The van der Waals surface area contributed by atoms with Crippen LogP contribution in [0.5, 0.6) is 0 Å². The fourth-order valence-corrected chi connectivity index (χ4v) is 17.2. The minimum absolute atomic E-state index is 0.0712. The molecule has 0 bridgehead atoms. The van der Waals surface area contributed by atoms with E-state index in [1.165, 1.54) is 5.57 Å². The summed E-state index contributed by atoms with van der Waals surface area (Å²) in [5, 5.41) is 3.60. The monoisotopic (exact) mass is 916 g/mol. The van der Waals surface area contributed by atoms with Gasteiger partial charge in [0.25, 0.3) is 0 Å². The lowest BCUT2D eigenvalue weighted by Gasteiger charge is -2.73. The van der Waals surface area contributed by atoms with Crippen LogP contribution in [0.3, 0.4) is 0 Å². The third-order valence-corrected chi connectivity index (χ3v) is 21.9. The van der Waals surface area contributed by atoms with Gasteiger partial charge in [0, 0.05) is 11.5 Å². The lowest BCUT2D eigenvalue weighted by molar-refractivity contribution is -0.251. The molecule has 0 radical (unpaired) electrons. The van der Waals surface area contributed by atoms with Crippen molar-refractivity contribution in [3.63, 3.8) is 0 Å². The number of allylic oxidation sites excluding steroid dienone is 1. The summed E-state index contributed by atoms with van der Waals surface area (Å²) in [6.45, 7) is 28.1. The highest BCUT2D eigenvalue weighted by atomic mass is 16.5. The maximum atomic E-state index is 15.1. The number of esters is 3. The first-order chi connectivity index (χ1) is 31.5.